The van der Waals surface area contributed by atoms with Gasteiger partial charge in [-0.1, -0.05) is 13.8 Å². The molecule has 0 saturated carbocycles. The largest absolute Gasteiger partial charge is 0.480 e. The number of aliphatic carboxylic acids is 1. The van der Waals surface area contributed by atoms with Crippen molar-refractivity contribution >= 4 is 11.9 Å². The molecule has 0 aliphatic carbocycles. The fraction of sp³-hybridized carbons (Fsp3) is 0.429. The molecule has 0 spiro atoms. The van der Waals surface area contributed by atoms with Crippen LogP contribution in [-0.4, -0.2) is 22.5 Å². The molecule has 110 valence electrons. The molecule has 0 saturated heterocycles. The number of nitrogens with one attached hydrogen (secondary N) is 1. The van der Waals surface area contributed by atoms with Crippen LogP contribution < -0.4 is 5.32 Å². The highest BCUT2D eigenvalue weighted by atomic mass is 19.1. The Labute approximate surface area is 115 Å². The summed E-state index contributed by atoms with van der Waals surface area (Å²) in [5, 5.41) is 11.6. The summed E-state index contributed by atoms with van der Waals surface area (Å²) in [5.74, 6) is -3.82. The van der Waals surface area contributed by atoms with Gasteiger partial charge in [0.1, 0.15) is 17.2 Å². The first-order valence-electron chi connectivity index (χ1n) is 6.29. The Morgan fingerprint density at radius 1 is 1.20 bits per heavy atom. The normalized spacial score (nSPS) is 11.2. The summed E-state index contributed by atoms with van der Waals surface area (Å²) in [6, 6.07) is 1.68. The SMILES string of the molecule is CCC(CC)(NC(=O)c1cc(C)c(F)cc1F)C(=O)O. The standard InChI is InChI=1S/C14H17F2NO3/c1-4-14(5-2,13(19)20)17-12(18)9-6-8(3)10(15)7-11(9)16/h6-7H,4-5H2,1-3H3,(H,17,18)(H,19,20). The monoisotopic (exact) mass is 285 g/mol. The van der Waals surface area contributed by atoms with Crippen molar-refractivity contribution in [3.63, 3.8) is 0 Å². The molecular weight excluding hydrogens is 268 g/mol. The van der Waals surface area contributed by atoms with E-state index in [1.165, 1.54) is 6.92 Å². The number of carboxylic acid groups (broad SMARTS) is 1. The van der Waals surface area contributed by atoms with Crippen LogP contribution >= 0.6 is 0 Å². The Kier molecular flexibility index (Phi) is 4.81. The first-order chi connectivity index (χ1) is 9.27. The molecule has 1 aromatic carbocycles. The number of carbonyl (C=O) groups is 2. The molecule has 0 aliphatic rings. The Hall–Kier alpha value is -1.98. The Morgan fingerprint density at radius 2 is 1.75 bits per heavy atom. The van der Waals surface area contributed by atoms with E-state index in [-0.39, 0.29) is 24.0 Å². The molecule has 1 amide bonds. The van der Waals surface area contributed by atoms with E-state index in [9.17, 15) is 23.5 Å². The lowest BCUT2D eigenvalue weighted by Crippen LogP contribution is -2.53. The molecular formula is C14H17F2NO3. The number of halogens is 2. The van der Waals surface area contributed by atoms with Gasteiger partial charge < -0.3 is 10.4 Å². The fourth-order valence-corrected chi connectivity index (χ4v) is 1.90. The third-order valence-corrected chi connectivity index (χ3v) is 3.46. The van der Waals surface area contributed by atoms with Crippen molar-refractivity contribution in [3.8, 4) is 0 Å². The summed E-state index contributed by atoms with van der Waals surface area (Å²) in [6.07, 6.45) is 0.318. The van der Waals surface area contributed by atoms with E-state index < -0.39 is 29.0 Å². The highest BCUT2D eigenvalue weighted by Crippen LogP contribution is 2.19. The maximum absolute atomic E-state index is 13.6. The third kappa shape index (κ3) is 2.95. The molecule has 2 N–H and O–H groups in total. The van der Waals surface area contributed by atoms with Crippen molar-refractivity contribution < 1.29 is 23.5 Å². The topological polar surface area (TPSA) is 66.4 Å². The first kappa shape index (κ1) is 16.1. The van der Waals surface area contributed by atoms with Crippen molar-refractivity contribution in [3.05, 3.63) is 34.9 Å². The summed E-state index contributed by atoms with van der Waals surface area (Å²) >= 11 is 0. The summed E-state index contributed by atoms with van der Waals surface area (Å²) in [6.45, 7) is 4.63. The zero-order valence-corrected chi connectivity index (χ0v) is 11.6. The molecule has 0 heterocycles. The van der Waals surface area contributed by atoms with Gasteiger partial charge in [-0.05, 0) is 31.4 Å². The van der Waals surface area contributed by atoms with Crippen molar-refractivity contribution in [2.75, 3.05) is 0 Å². The van der Waals surface area contributed by atoms with Gasteiger partial charge in [-0.2, -0.15) is 0 Å². The second-order valence-electron chi connectivity index (χ2n) is 4.63. The van der Waals surface area contributed by atoms with Gasteiger partial charge in [0.2, 0.25) is 0 Å². The number of aryl methyl sites for hydroxylation is 1. The Bertz CT molecular complexity index is 539. The van der Waals surface area contributed by atoms with Crippen LogP contribution in [0.3, 0.4) is 0 Å². The number of amides is 1. The molecule has 4 nitrogen and oxygen atoms in total. The first-order valence-corrected chi connectivity index (χ1v) is 6.29. The van der Waals surface area contributed by atoms with Gasteiger partial charge in [-0.15, -0.1) is 0 Å². The minimum atomic E-state index is -1.45. The Morgan fingerprint density at radius 3 is 2.20 bits per heavy atom. The minimum absolute atomic E-state index is 0.116. The van der Waals surface area contributed by atoms with Crippen molar-refractivity contribution in [2.45, 2.75) is 39.2 Å². The van der Waals surface area contributed by atoms with Crippen LogP contribution in [0.5, 0.6) is 0 Å². The molecule has 6 heteroatoms. The molecule has 1 rings (SSSR count). The summed E-state index contributed by atoms with van der Waals surface area (Å²) < 4.78 is 26.8. The predicted molar refractivity (Wildman–Crippen MR) is 69.5 cm³/mol. The van der Waals surface area contributed by atoms with Crippen molar-refractivity contribution in [1.82, 2.24) is 5.32 Å². The zero-order chi connectivity index (χ0) is 15.5. The average Bonchev–Trinajstić information content (AvgIpc) is 2.39. The van der Waals surface area contributed by atoms with E-state index in [0.29, 0.717) is 6.07 Å². The van der Waals surface area contributed by atoms with Gasteiger partial charge >= 0.3 is 5.97 Å². The van der Waals surface area contributed by atoms with E-state index >= 15 is 0 Å². The van der Waals surface area contributed by atoms with Gasteiger partial charge in [0.25, 0.3) is 5.91 Å². The highest BCUT2D eigenvalue weighted by Gasteiger charge is 2.37. The maximum atomic E-state index is 13.6. The summed E-state index contributed by atoms with van der Waals surface area (Å²) in [4.78, 5) is 23.3. The number of hydrogen-bond acceptors (Lipinski definition) is 2. The Balaban J connectivity index is 3.13. The van der Waals surface area contributed by atoms with Gasteiger partial charge in [0, 0.05) is 6.07 Å². The predicted octanol–water partition coefficient (Wildman–Crippen LogP) is 2.65. The zero-order valence-electron chi connectivity index (χ0n) is 11.6. The van der Waals surface area contributed by atoms with Gasteiger partial charge in [-0.25, -0.2) is 13.6 Å². The summed E-state index contributed by atoms with van der Waals surface area (Å²) in [5.41, 5.74) is -1.70. The molecule has 0 bridgehead atoms. The quantitative estimate of drug-likeness (QED) is 0.874. The molecule has 0 aliphatic heterocycles. The second-order valence-corrected chi connectivity index (χ2v) is 4.63. The fourth-order valence-electron chi connectivity index (χ4n) is 1.90. The lowest BCUT2D eigenvalue weighted by Gasteiger charge is -2.28. The van der Waals surface area contributed by atoms with E-state index in [4.69, 9.17) is 0 Å². The number of hydrogen-bond donors (Lipinski definition) is 2. The van der Waals surface area contributed by atoms with Gasteiger partial charge in [0.15, 0.2) is 0 Å². The lowest BCUT2D eigenvalue weighted by molar-refractivity contribution is -0.144. The van der Waals surface area contributed by atoms with Crippen LogP contribution in [0, 0.1) is 18.6 Å². The molecule has 20 heavy (non-hydrogen) atoms. The van der Waals surface area contributed by atoms with Crippen LogP contribution in [0.1, 0.15) is 42.6 Å². The smallest absolute Gasteiger partial charge is 0.329 e. The van der Waals surface area contributed by atoms with E-state index in [1.54, 1.807) is 13.8 Å². The molecule has 0 atom stereocenters. The third-order valence-electron chi connectivity index (χ3n) is 3.46. The number of carboxylic acids is 1. The van der Waals surface area contributed by atoms with Crippen LogP contribution in [0.15, 0.2) is 12.1 Å². The number of rotatable bonds is 5. The molecule has 0 fully saturated rings. The van der Waals surface area contributed by atoms with E-state index in [1.807, 2.05) is 0 Å². The van der Waals surface area contributed by atoms with Crippen molar-refractivity contribution in [1.29, 1.82) is 0 Å². The van der Waals surface area contributed by atoms with E-state index in [0.717, 1.165) is 6.07 Å². The number of benzene rings is 1. The van der Waals surface area contributed by atoms with Crippen LogP contribution in [-0.2, 0) is 4.79 Å². The van der Waals surface area contributed by atoms with Gasteiger partial charge in [-0.3, -0.25) is 4.79 Å². The van der Waals surface area contributed by atoms with Gasteiger partial charge in [0.05, 0.1) is 5.56 Å². The molecule has 1 aromatic rings. The molecule has 0 unspecified atom stereocenters. The van der Waals surface area contributed by atoms with Crippen LogP contribution in [0.25, 0.3) is 0 Å². The summed E-state index contributed by atoms with van der Waals surface area (Å²) in [7, 11) is 0. The highest BCUT2D eigenvalue weighted by molar-refractivity contribution is 5.98. The van der Waals surface area contributed by atoms with E-state index in [2.05, 4.69) is 5.32 Å². The van der Waals surface area contributed by atoms with Crippen LogP contribution in [0.2, 0.25) is 0 Å². The average molecular weight is 285 g/mol. The number of carbonyl (C=O) groups excluding carboxylic acids is 1. The van der Waals surface area contributed by atoms with Crippen LogP contribution in [0.4, 0.5) is 8.78 Å². The van der Waals surface area contributed by atoms with Crippen molar-refractivity contribution in [2.24, 2.45) is 0 Å². The molecule has 0 radical (unpaired) electrons. The minimum Gasteiger partial charge on any atom is -0.480 e. The molecule has 0 aromatic heterocycles. The lowest BCUT2D eigenvalue weighted by atomic mass is 9.92. The second kappa shape index (κ2) is 5.98. The maximum Gasteiger partial charge on any atom is 0.329 e.